The summed E-state index contributed by atoms with van der Waals surface area (Å²) in [6, 6.07) is 10.5. The van der Waals surface area contributed by atoms with E-state index in [2.05, 4.69) is 14.9 Å². The second-order valence-electron chi connectivity index (χ2n) is 9.71. The number of amides is 1. The lowest BCUT2D eigenvalue weighted by Gasteiger charge is -2.42. The van der Waals surface area contributed by atoms with Crippen LogP contribution in [0.1, 0.15) is 48.3 Å². The Hall–Kier alpha value is -2.50. The van der Waals surface area contributed by atoms with Crippen LogP contribution in [0.25, 0.3) is 0 Å². The SMILES string of the molecule is CCc1ccc(S(=O)(=O)N[C@@H]2c3cc(C(=O)NCCN4CCOCC4)ccc3OC(C)(C)[C@H]2O)cc1. The smallest absolute Gasteiger partial charge is 0.251 e. The number of aliphatic hydroxyl groups is 1. The second-order valence-corrected chi connectivity index (χ2v) is 11.4. The standard InChI is InChI=1S/C26H35N3O6S/c1-4-18-5-8-20(9-6-18)36(32,33)28-23-21-17-19(7-10-22(21)35-26(2,3)24(23)30)25(31)27-11-12-29-13-15-34-16-14-29/h5-10,17,23-24,28,30H,4,11-16H2,1-3H3,(H,27,31)/t23-,24+/m1/s1. The Morgan fingerprint density at radius 2 is 1.83 bits per heavy atom. The van der Waals surface area contributed by atoms with Crippen molar-refractivity contribution in [3.8, 4) is 5.75 Å². The number of hydrogen-bond donors (Lipinski definition) is 3. The number of aryl methyl sites for hydroxylation is 1. The molecule has 2 aliphatic heterocycles. The maximum absolute atomic E-state index is 13.2. The summed E-state index contributed by atoms with van der Waals surface area (Å²) in [7, 11) is -3.95. The average molecular weight is 518 g/mol. The number of carbonyl (C=O) groups excluding carboxylic acids is 1. The minimum Gasteiger partial charge on any atom is -0.485 e. The van der Waals surface area contributed by atoms with Gasteiger partial charge in [-0.05, 0) is 56.2 Å². The van der Waals surface area contributed by atoms with Gasteiger partial charge in [-0.2, -0.15) is 0 Å². The zero-order valence-corrected chi connectivity index (χ0v) is 21.8. The van der Waals surface area contributed by atoms with Crippen LogP contribution in [0.15, 0.2) is 47.4 Å². The number of morpholine rings is 1. The van der Waals surface area contributed by atoms with E-state index < -0.39 is 27.8 Å². The Morgan fingerprint density at radius 3 is 2.50 bits per heavy atom. The molecule has 2 aliphatic rings. The molecule has 0 aromatic heterocycles. The lowest BCUT2D eigenvalue weighted by atomic mass is 9.86. The number of fused-ring (bicyclic) bond motifs is 1. The lowest BCUT2D eigenvalue weighted by molar-refractivity contribution is -0.0603. The monoisotopic (exact) mass is 517 g/mol. The summed E-state index contributed by atoms with van der Waals surface area (Å²) in [5, 5.41) is 14.0. The third-order valence-corrected chi connectivity index (χ3v) is 8.21. The van der Waals surface area contributed by atoms with Crippen molar-refractivity contribution in [2.75, 3.05) is 39.4 Å². The van der Waals surface area contributed by atoms with Crippen molar-refractivity contribution < 1.29 is 27.8 Å². The summed E-state index contributed by atoms with van der Waals surface area (Å²) in [5.41, 5.74) is 0.753. The first-order valence-electron chi connectivity index (χ1n) is 12.3. The van der Waals surface area contributed by atoms with E-state index in [1.807, 2.05) is 6.92 Å². The summed E-state index contributed by atoms with van der Waals surface area (Å²) in [6.45, 7) is 9.64. The van der Waals surface area contributed by atoms with Gasteiger partial charge in [0.15, 0.2) is 0 Å². The minimum absolute atomic E-state index is 0.106. The van der Waals surface area contributed by atoms with Crippen LogP contribution in [-0.4, -0.2) is 75.4 Å². The zero-order valence-electron chi connectivity index (χ0n) is 21.0. The van der Waals surface area contributed by atoms with E-state index >= 15 is 0 Å². The molecular weight excluding hydrogens is 482 g/mol. The Morgan fingerprint density at radius 1 is 1.14 bits per heavy atom. The summed E-state index contributed by atoms with van der Waals surface area (Å²) in [5.74, 6) is 0.145. The van der Waals surface area contributed by atoms with Gasteiger partial charge in [0.05, 0.1) is 24.2 Å². The summed E-state index contributed by atoms with van der Waals surface area (Å²) in [6.07, 6.45) is -0.389. The van der Waals surface area contributed by atoms with E-state index in [1.165, 1.54) is 0 Å². The highest BCUT2D eigenvalue weighted by atomic mass is 32.2. The van der Waals surface area contributed by atoms with E-state index in [-0.39, 0.29) is 10.8 Å². The van der Waals surface area contributed by atoms with Crippen molar-refractivity contribution in [3.05, 3.63) is 59.2 Å². The third kappa shape index (κ3) is 5.90. The van der Waals surface area contributed by atoms with Crippen LogP contribution >= 0.6 is 0 Å². The Labute approximate surface area is 212 Å². The van der Waals surface area contributed by atoms with Gasteiger partial charge in [0.25, 0.3) is 5.91 Å². The van der Waals surface area contributed by atoms with Crippen molar-refractivity contribution in [2.24, 2.45) is 0 Å². The number of nitrogens with zero attached hydrogens (tertiary/aromatic N) is 1. The predicted octanol–water partition coefficient (Wildman–Crippen LogP) is 1.86. The summed E-state index contributed by atoms with van der Waals surface area (Å²) in [4.78, 5) is 15.2. The van der Waals surface area contributed by atoms with E-state index in [4.69, 9.17) is 9.47 Å². The molecule has 1 amide bonds. The molecule has 10 heteroatoms. The third-order valence-electron chi connectivity index (χ3n) is 6.75. The Kier molecular flexibility index (Phi) is 8.01. The number of carbonyl (C=O) groups is 1. The normalized spacial score (nSPS) is 21.9. The van der Waals surface area contributed by atoms with Gasteiger partial charge in [0.2, 0.25) is 10.0 Å². The highest BCUT2D eigenvalue weighted by molar-refractivity contribution is 7.89. The van der Waals surface area contributed by atoms with Crippen molar-refractivity contribution in [1.29, 1.82) is 0 Å². The number of sulfonamides is 1. The number of hydrogen-bond acceptors (Lipinski definition) is 7. The van der Waals surface area contributed by atoms with Gasteiger partial charge in [0.1, 0.15) is 17.5 Å². The zero-order chi connectivity index (χ0) is 25.9. The van der Waals surface area contributed by atoms with Gasteiger partial charge in [-0.3, -0.25) is 9.69 Å². The summed E-state index contributed by atoms with van der Waals surface area (Å²) < 4.78 is 40.4. The first kappa shape index (κ1) is 26.6. The number of nitrogens with one attached hydrogen (secondary N) is 2. The van der Waals surface area contributed by atoms with E-state index in [1.54, 1.807) is 56.3 Å². The largest absolute Gasteiger partial charge is 0.485 e. The fraction of sp³-hybridized carbons (Fsp3) is 0.500. The molecule has 1 fully saturated rings. The maximum atomic E-state index is 13.2. The van der Waals surface area contributed by atoms with Gasteiger partial charge in [0, 0.05) is 37.3 Å². The van der Waals surface area contributed by atoms with Crippen LogP contribution in [0.2, 0.25) is 0 Å². The van der Waals surface area contributed by atoms with Crippen LogP contribution in [0, 0.1) is 0 Å². The van der Waals surface area contributed by atoms with Gasteiger partial charge < -0.3 is 19.9 Å². The van der Waals surface area contributed by atoms with Gasteiger partial charge in [-0.25, -0.2) is 13.1 Å². The number of aliphatic hydroxyl groups excluding tert-OH is 1. The fourth-order valence-corrected chi connectivity index (χ4v) is 5.68. The quantitative estimate of drug-likeness (QED) is 0.489. The molecule has 1 saturated heterocycles. The molecular formula is C26H35N3O6S. The Bertz CT molecular complexity index is 1180. The van der Waals surface area contributed by atoms with Crippen LogP contribution in [0.5, 0.6) is 5.75 Å². The van der Waals surface area contributed by atoms with Crippen LogP contribution < -0.4 is 14.8 Å². The highest BCUT2D eigenvalue weighted by Crippen LogP contribution is 2.41. The molecule has 2 aromatic carbocycles. The number of benzene rings is 2. The van der Waals surface area contributed by atoms with Crippen molar-refractivity contribution in [2.45, 2.75) is 49.8 Å². The van der Waals surface area contributed by atoms with E-state index in [9.17, 15) is 18.3 Å². The number of rotatable bonds is 8. The van der Waals surface area contributed by atoms with E-state index in [0.29, 0.717) is 36.6 Å². The predicted molar refractivity (Wildman–Crippen MR) is 136 cm³/mol. The first-order chi connectivity index (χ1) is 17.1. The molecule has 0 radical (unpaired) electrons. The van der Waals surface area contributed by atoms with Gasteiger partial charge in [-0.1, -0.05) is 19.1 Å². The molecule has 3 N–H and O–H groups in total. The molecule has 4 rings (SSSR count). The van der Waals surface area contributed by atoms with Gasteiger partial charge in [-0.15, -0.1) is 0 Å². The highest BCUT2D eigenvalue weighted by Gasteiger charge is 2.44. The second kappa shape index (κ2) is 10.9. The van der Waals surface area contributed by atoms with E-state index in [0.717, 1.165) is 31.6 Å². The molecule has 0 unspecified atom stereocenters. The van der Waals surface area contributed by atoms with Gasteiger partial charge >= 0.3 is 0 Å². The van der Waals surface area contributed by atoms with Crippen molar-refractivity contribution in [3.63, 3.8) is 0 Å². The molecule has 2 aromatic rings. The maximum Gasteiger partial charge on any atom is 0.251 e. The molecule has 9 nitrogen and oxygen atoms in total. The van der Waals surface area contributed by atoms with Crippen molar-refractivity contribution in [1.82, 2.24) is 14.9 Å². The molecule has 0 bridgehead atoms. The minimum atomic E-state index is -3.95. The topological polar surface area (TPSA) is 117 Å². The Balaban J connectivity index is 1.54. The van der Waals surface area contributed by atoms with Crippen LogP contribution in [0.3, 0.4) is 0 Å². The molecule has 196 valence electrons. The number of ether oxygens (including phenoxy) is 2. The van der Waals surface area contributed by atoms with Crippen molar-refractivity contribution >= 4 is 15.9 Å². The van der Waals surface area contributed by atoms with Crippen LogP contribution in [0.4, 0.5) is 0 Å². The van der Waals surface area contributed by atoms with Crippen LogP contribution in [-0.2, 0) is 21.2 Å². The average Bonchev–Trinajstić information content (AvgIpc) is 2.87. The lowest BCUT2D eigenvalue weighted by Crippen LogP contribution is -2.53. The summed E-state index contributed by atoms with van der Waals surface area (Å²) >= 11 is 0. The molecule has 2 atom stereocenters. The molecule has 36 heavy (non-hydrogen) atoms. The molecule has 0 aliphatic carbocycles. The molecule has 2 heterocycles. The fourth-order valence-electron chi connectivity index (χ4n) is 4.46. The molecule has 0 saturated carbocycles. The first-order valence-corrected chi connectivity index (χ1v) is 13.8. The molecule has 0 spiro atoms.